The van der Waals surface area contributed by atoms with Crippen molar-refractivity contribution in [1.29, 1.82) is 0 Å². The van der Waals surface area contributed by atoms with E-state index in [9.17, 15) is 0 Å². The topological polar surface area (TPSA) is 72.9 Å². The lowest BCUT2D eigenvalue weighted by molar-refractivity contribution is 0.578. The number of piperidine rings is 1. The van der Waals surface area contributed by atoms with Gasteiger partial charge in [-0.2, -0.15) is 4.68 Å². The molecule has 1 aliphatic heterocycles. The molecule has 4 rings (SSSR count). The number of tetrazole rings is 1. The molecule has 6 nitrogen and oxygen atoms in total. The highest BCUT2D eigenvalue weighted by atomic mass is 15.5. The number of aromatic nitrogens is 4. The van der Waals surface area contributed by atoms with Crippen LogP contribution in [0.3, 0.4) is 0 Å². The summed E-state index contributed by atoms with van der Waals surface area (Å²) >= 11 is 0. The smallest absolute Gasteiger partial charge is 0.187 e. The largest absolute Gasteiger partial charge is 0.399 e. The van der Waals surface area contributed by atoms with Crippen LogP contribution in [0.2, 0.25) is 0 Å². The molecule has 0 aliphatic carbocycles. The Bertz CT molecular complexity index is 818. The molecule has 0 atom stereocenters. The van der Waals surface area contributed by atoms with Gasteiger partial charge in [0.15, 0.2) is 5.82 Å². The van der Waals surface area contributed by atoms with Gasteiger partial charge in [0, 0.05) is 30.0 Å². The number of nitrogens with two attached hydrogens (primary N) is 1. The summed E-state index contributed by atoms with van der Waals surface area (Å²) in [5.74, 6) is 0.688. The molecule has 24 heavy (non-hydrogen) atoms. The van der Waals surface area contributed by atoms with E-state index < -0.39 is 0 Å². The third-order valence-electron chi connectivity index (χ3n) is 4.43. The maximum atomic E-state index is 5.87. The number of anilines is 2. The Morgan fingerprint density at radius 1 is 0.875 bits per heavy atom. The van der Waals surface area contributed by atoms with Gasteiger partial charge in [-0.25, -0.2) is 0 Å². The summed E-state index contributed by atoms with van der Waals surface area (Å²) in [7, 11) is 0. The fourth-order valence-corrected chi connectivity index (χ4v) is 3.18. The highest BCUT2D eigenvalue weighted by Gasteiger charge is 2.13. The number of nitrogens with zero attached hydrogens (tertiary/aromatic N) is 5. The second-order valence-corrected chi connectivity index (χ2v) is 6.10. The van der Waals surface area contributed by atoms with Crippen LogP contribution < -0.4 is 10.6 Å². The molecule has 1 aliphatic rings. The first-order valence-corrected chi connectivity index (χ1v) is 8.31. The summed E-state index contributed by atoms with van der Waals surface area (Å²) in [5.41, 5.74) is 9.68. The average molecular weight is 320 g/mol. The van der Waals surface area contributed by atoms with Crippen molar-refractivity contribution in [2.75, 3.05) is 23.7 Å². The van der Waals surface area contributed by atoms with Crippen molar-refractivity contribution < 1.29 is 0 Å². The number of nitrogen functional groups attached to an aromatic ring is 1. The number of hydrogen-bond donors (Lipinski definition) is 1. The second kappa shape index (κ2) is 6.31. The van der Waals surface area contributed by atoms with E-state index in [1.54, 1.807) is 4.68 Å². The summed E-state index contributed by atoms with van der Waals surface area (Å²) in [6.45, 7) is 2.28. The number of hydrogen-bond acceptors (Lipinski definition) is 5. The van der Waals surface area contributed by atoms with Crippen molar-refractivity contribution in [3.05, 3.63) is 48.5 Å². The first-order chi connectivity index (χ1) is 11.8. The van der Waals surface area contributed by atoms with Crippen molar-refractivity contribution in [2.24, 2.45) is 0 Å². The standard InChI is InChI=1S/C18H20N6/c19-15-6-4-5-14(13-15)18-20-21-22-24(18)17-9-7-16(8-10-17)23-11-2-1-3-12-23/h4-10,13H,1-3,11-12,19H2. The van der Waals surface area contributed by atoms with E-state index >= 15 is 0 Å². The molecule has 1 saturated heterocycles. The minimum absolute atomic E-state index is 0.688. The third kappa shape index (κ3) is 2.82. The lowest BCUT2D eigenvalue weighted by Crippen LogP contribution is -2.29. The van der Waals surface area contributed by atoms with Crippen molar-refractivity contribution in [3.8, 4) is 17.1 Å². The van der Waals surface area contributed by atoms with Gasteiger partial charge in [0.1, 0.15) is 0 Å². The molecule has 0 bridgehead atoms. The van der Waals surface area contributed by atoms with Crippen LogP contribution in [0.4, 0.5) is 11.4 Å². The molecule has 0 spiro atoms. The predicted octanol–water partition coefficient (Wildman–Crippen LogP) is 2.90. The molecule has 1 fully saturated rings. The molecular weight excluding hydrogens is 300 g/mol. The summed E-state index contributed by atoms with van der Waals surface area (Å²) in [4.78, 5) is 2.44. The zero-order valence-corrected chi connectivity index (χ0v) is 13.5. The monoisotopic (exact) mass is 320 g/mol. The third-order valence-corrected chi connectivity index (χ3v) is 4.43. The molecule has 0 radical (unpaired) electrons. The van der Waals surface area contributed by atoms with E-state index in [-0.39, 0.29) is 0 Å². The van der Waals surface area contributed by atoms with E-state index in [0.717, 1.165) is 24.3 Å². The Labute approximate surface area is 140 Å². The van der Waals surface area contributed by atoms with Crippen molar-refractivity contribution in [3.63, 3.8) is 0 Å². The Morgan fingerprint density at radius 2 is 1.62 bits per heavy atom. The van der Waals surface area contributed by atoms with Gasteiger partial charge in [-0.3, -0.25) is 0 Å². The molecule has 2 aromatic carbocycles. The van der Waals surface area contributed by atoms with Crippen LogP contribution in [-0.4, -0.2) is 33.3 Å². The molecule has 0 saturated carbocycles. The van der Waals surface area contributed by atoms with Gasteiger partial charge in [-0.1, -0.05) is 12.1 Å². The van der Waals surface area contributed by atoms with E-state index in [1.807, 2.05) is 24.3 Å². The number of rotatable bonds is 3. The van der Waals surface area contributed by atoms with E-state index in [4.69, 9.17) is 5.73 Å². The molecule has 1 aromatic heterocycles. The molecular formula is C18H20N6. The lowest BCUT2D eigenvalue weighted by atomic mass is 10.1. The van der Waals surface area contributed by atoms with Gasteiger partial charge < -0.3 is 10.6 Å². The van der Waals surface area contributed by atoms with Crippen LogP contribution in [0.5, 0.6) is 0 Å². The van der Waals surface area contributed by atoms with Crippen molar-refractivity contribution in [2.45, 2.75) is 19.3 Å². The maximum Gasteiger partial charge on any atom is 0.187 e. The predicted molar refractivity (Wildman–Crippen MR) is 95.1 cm³/mol. The minimum atomic E-state index is 0.688. The van der Waals surface area contributed by atoms with Crippen molar-refractivity contribution in [1.82, 2.24) is 20.2 Å². The van der Waals surface area contributed by atoms with E-state index in [2.05, 4.69) is 44.7 Å². The molecule has 6 heteroatoms. The van der Waals surface area contributed by atoms with Crippen LogP contribution in [0.15, 0.2) is 48.5 Å². The summed E-state index contributed by atoms with van der Waals surface area (Å²) < 4.78 is 1.74. The highest BCUT2D eigenvalue weighted by molar-refractivity contribution is 5.63. The molecule has 0 unspecified atom stereocenters. The summed E-state index contributed by atoms with van der Waals surface area (Å²) in [6.07, 6.45) is 3.88. The normalized spacial score (nSPS) is 14.8. The fourth-order valence-electron chi connectivity index (χ4n) is 3.18. The van der Waals surface area contributed by atoms with Gasteiger partial charge in [-0.15, -0.1) is 5.10 Å². The molecule has 3 aromatic rings. The van der Waals surface area contributed by atoms with Gasteiger partial charge in [-0.05, 0) is 66.1 Å². The molecule has 0 amide bonds. The van der Waals surface area contributed by atoms with E-state index in [1.165, 1.54) is 24.9 Å². The zero-order valence-electron chi connectivity index (χ0n) is 13.5. The highest BCUT2D eigenvalue weighted by Crippen LogP contribution is 2.24. The molecule has 2 N–H and O–H groups in total. The SMILES string of the molecule is Nc1cccc(-c2nnnn2-c2ccc(N3CCCCC3)cc2)c1. The molecule has 2 heterocycles. The Morgan fingerprint density at radius 3 is 2.38 bits per heavy atom. The molecule has 122 valence electrons. The number of benzene rings is 2. The minimum Gasteiger partial charge on any atom is -0.399 e. The quantitative estimate of drug-likeness (QED) is 0.751. The van der Waals surface area contributed by atoms with Gasteiger partial charge in [0.2, 0.25) is 0 Å². The Hall–Kier alpha value is -2.89. The first kappa shape index (κ1) is 14.7. The first-order valence-electron chi connectivity index (χ1n) is 8.31. The fraction of sp³-hybridized carbons (Fsp3) is 0.278. The van der Waals surface area contributed by atoms with Crippen LogP contribution >= 0.6 is 0 Å². The van der Waals surface area contributed by atoms with Crippen LogP contribution in [0.25, 0.3) is 17.1 Å². The summed E-state index contributed by atoms with van der Waals surface area (Å²) in [5, 5.41) is 12.1. The van der Waals surface area contributed by atoms with Crippen LogP contribution in [0.1, 0.15) is 19.3 Å². The van der Waals surface area contributed by atoms with Gasteiger partial charge in [0.05, 0.1) is 5.69 Å². The van der Waals surface area contributed by atoms with Crippen LogP contribution in [-0.2, 0) is 0 Å². The zero-order chi connectivity index (χ0) is 16.4. The average Bonchev–Trinajstić information content (AvgIpc) is 3.12. The lowest BCUT2D eigenvalue weighted by Gasteiger charge is -2.28. The van der Waals surface area contributed by atoms with E-state index in [0.29, 0.717) is 11.5 Å². The summed E-state index contributed by atoms with van der Waals surface area (Å²) in [6, 6.07) is 16.0. The Kier molecular flexibility index (Phi) is 3.86. The van der Waals surface area contributed by atoms with Gasteiger partial charge >= 0.3 is 0 Å². The van der Waals surface area contributed by atoms with Gasteiger partial charge in [0.25, 0.3) is 0 Å². The Balaban J connectivity index is 1.64. The second-order valence-electron chi connectivity index (χ2n) is 6.10. The van der Waals surface area contributed by atoms with Crippen molar-refractivity contribution >= 4 is 11.4 Å². The maximum absolute atomic E-state index is 5.87. The van der Waals surface area contributed by atoms with Crippen LogP contribution in [0, 0.1) is 0 Å².